The zero-order valence-electron chi connectivity index (χ0n) is 18.1. The summed E-state index contributed by atoms with van der Waals surface area (Å²) in [5.41, 5.74) is 0.659. The van der Waals surface area contributed by atoms with Crippen molar-refractivity contribution < 1.29 is 44.7 Å². The van der Waals surface area contributed by atoms with Crippen LogP contribution in [-0.2, 0) is 25.5 Å². The van der Waals surface area contributed by atoms with Gasteiger partial charge >= 0.3 is 5.97 Å². The van der Waals surface area contributed by atoms with Gasteiger partial charge in [0, 0.05) is 6.42 Å². The number of benzene rings is 2. The summed E-state index contributed by atoms with van der Waals surface area (Å²) in [6, 6.07) is 11.1. The number of hydrogen-bond donors (Lipinski definition) is 6. The lowest BCUT2D eigenvalue weighted by molar-refractivity contribution is -0.155. The number of aliphatic hydroxyl groups is 5. The molecule has 0 aromatic heterocycles. The fourth-order valence-electron chi connectivity index (χ4n) is 3.43. The molecule has 0 heterocycles. The zero-order valence-corrected chi connectivity index (χ0v) is 18.1. The van der Waals surface area contributed by atoms with Crippen molar-refractivity contribution in [1.82, 2.24) is 5.32 Å². The lowest BCUT2D eigenvalue weighted by Gasteiger charge is -2.32. The van der Waals surface area contributed by atoms with Crippen LogP contribution in [0.3, 0.4) is 0 Å². The number of carbonyl (C=O) groups is 3. The Morgan fingerprint density at radius 3 is 2.27 bits per heavy atom. The third-order valence-corrected chi connectivity index (χ3v) is 5.17. The predicted octanol–water partition coefficient (Wildman–Crippen LogP) is -1.17. The topological polar surface area (TPSA) is 174 Å². The molecule has 180 valence electrons. The average molecular weight is 463 g/mol. The molecule has 33 heavy (non-hydrogen) atoms. The molecule has 0 fully saturated rings. The maximum atomic E-state index is 12.8. The Hall–Kier alpha value is -2.89. The molecule has 0 saturated heterocycles. The summed E-state index contributed by atoms with van der Waals surface area (Å²) < 4.78 is 4.58. The van der Waals surface area contributed by atoms with Crippen LogP contribution in [-0.4, -0.2) is 86.9 Å². The third kappa shape index (κ3) is 7.04. The van der Waals surface area contributed by atoms with E-state index < -0.39 is 61.1 Å². The molecule has 5 atom stereocenters. The van der Waals surface area contributed by atoms with Crippen LogP contribution >= 0.6 is 0 Å². The number of ketones is 1. The molecule has 0 aliphatic heterocycles. The highest BCUT2D eigenvalue weighted by Gasteiger charge is 2.38. The highest BCUT2D eigenvalue weighted by molar-refractivity contribution is 6.33. The van der Waals surface area contributed by atoms with E-state index in [2.05, 4.69) is 10.1 Å². The van der Waals surface area contributed by atoms with Crippen molar-refractivity contribution >= 4 is 28.4 Å². The first-order valence-corrected chi connectivity index (χ1v) is 10.5. The highest BCUT2D eigenvalue weighted by Crippen LogP contribution is 2.19. The van der Waals surface area contributed by atoms with Gasteiger partial charge in [0.15, 0.2) is 0 Å². The standard InChI is InChI=1S/C23H29NO9/c1-2-33-23(32)17(27)11-16(26)20(22(31)21(30)18(28)12-25)24-19(29)10-14-8-5-7-13-6-3-4-9-15(13)14/h3-9,16,18,20-22,25-26,28,30-31H,2,10-12H2,1H3,(H,24,29)/t16-,18+,20+,21+,22+/m0/s1. The molecule has 0 aliphatic carbocycles. The second kappa shape index (κ2) is 12.4. The summed E-state index contributed by atoms with van der Waals surface area (Å²) >= 11 is 0. The van der Waals surface area contributed by atoms with Gasteiger partial charge in [-0.1, -0.05) is 42.5 Å². The first-order chi connectivity index (χ1) is 15.7. The van der Waals surface area contributed by atoms with Crippen LogP contribution in [0.2, 0.25) is 0 Å². The van der Waals surface area contributed by atoms with E-state index in [0.717, 1.165) is 10.8 Å². The maximum absolute atomic E-state index is 12.8. The molecule has 10 nitrogen and oxygen atoms in total. The minimum absolute atomic E-state index is 0.0596. The predicted molar refractivity (Wildman–Crippen MR) is 117 cm³/mol. The fourth-order valence-corrected chi connectivity index (χ4v) is 3.43. The second-order valence-corrected chi connectivity index (χ2v) is 7.55. The van der Waals surface area contributed by atoms with E-state index in [1.165, 1.54) is 6.92 Å². The Kier molecular flexibility index (Phi) is 9.89. The fraction of sp³-hybridized carbons (Fsp3) is 0.435. The minimum atomic E-state index is -1.96. The van der Waals surface area contributed by atoms with Gasteiger partial charge in [-0.05, 0) is 23.3 Å². The van der Waals surface area contributed by atoms with Gasteiger partial charge in [-0.2, -0.15) is 0 Å². The quantitative estimate of drug-likeness (QED) is 0.167. The molecule has 0 saturated carbocycles. The molecule has 0 bridgehead atoms. The number of esters is 1. The Balaban J connectivity index is 2.22. The van der Waals surface area contributed by atoms with Crippen LogP contribution in [0.25, 0.3) is 10.8 Å². The van der Waals surface area contributed by atoms with Gasteiger partial charge < -0.3 is 35.6 Å². The van der Waals surface area contributed by atoms with Crippen LogP contribution in [0.5, 0.6) is 0 Å². The van der Waals surface area contributed by atoms with Crippen LogP contribution < -0.4 is 5.32 Å². The summed E-state index contributed by atoms with van der Waals surface area (Å²) in [4.78, 5) is 36.3. The molecule has 10 heteroatoms. The first kappa shape index (κ1) is 26.4. The molecule has 2 aromatic rings. The Bertz CT molecular complexity index is 959. The summed E-state index contributed by atoms with van der Waals surface area (Å²) in [5.74, 6) is -2.94. The number of nitrogens with one attached hydrogen (secondary N) is 1. The van der Waals surface area contributed by atoms with Gasteiger partial charge in [-0.3, -0.25) is 9.59 Å². The average Bonchev–Trinajstić information content (AvgIpc) is 2.81. The number of fused-ring (bicyclic) bond motifs is 1. The molecule has 0 radical (unpaired) electrons. The normalized spacial score (nSPS) is 15.8. The summed E-state index contributed by atoms with van der Waals surface area (Å²) in [6.45, 7) is 0.539. The van der Waals surface area contributed by atoms with Crippen molar-refractivity contribution in [2.24, 2.45) is 0 Å². The molecule has 1 amide bonds. The molecule has 6 N–H and O–H groups in total. The Morgan fingerprint density at radius 1 is 0.939 bits per heavy atom. The smallest absolute Gasteiger partial charge is 0.374 e. The van der Waals surface area contributed by atoms with Crippen LogP contribution in [0.1, 0.15) is 18.9 Å². The number of rotatable bonds is 12. The van der Waals surface area contributed by atoms with Gasteiger partial charge in [-0.25, -0.2) is 4.79 Å². The number of aliphatic hydroxyl groups excluding tert-OH is 5. The summed E-state index contributed by atoms with van der Waals surface area (Å²) in [7, 11) is 0. The van der Waals surface area contributed by atoms with E-state index in [0.29, 0.717) is 5.56 Å². The van der Waals surface area contributed by atoms with Crippen molar-refractivity contribution in [3.8, 4) is 0 Å². The van der Waals surface area contributed by atoms with Crippen molar-refractivity contribution in [2.45, 2.75) is 50.2 Å². The van der Waals surface area contributed by atoms with E-state index in [4.69, 9.17) is 5.11 Å². The lowest BCUT2D eigenvalue weighted by Crippen LogP contribution is -2.58. The minimum Gasteiger partial charge on any atom is -0.460 e. The largest absolute Gasteiger partial charge is 0.460 e. The number of hydrogen-bond acceptors (Lipinski definition) is 9. The second-order valence-electron chi connectivity index (χ2n) is 7.55. The van der Waals surface area contributed by atoms with Crippen LogP contribution in [0.4, 0.5) is 0 Å². The lowest BCUT2D eigenvalue weighted by atomic mass is 9.93. The van der Waals surface area contributed by atoms with E-state index in [9.17, 15) is 34.8 Å². The molecule has 0 aliphatic rings. The first-order valence-electron chi connectivity index (χ1n) is 10.5. The van der Waals surface area contributed by atoms with Crippen LogP contribution in [0.15, 0.2) is 42.5 Å². The molecule has 0 spiro atoms. The SMILES string of the molecule is CCOC(=O)C(=O)C[C@H](O)[C@@H](NC(=O)Cc1cccc2ccccc12)[C@@H](O)[C@H](O)[C@H](O)CO. The Labute approximate surface area is 190 Å². The van der Waals surface area contributed by atoms with Crippen LogP contribution in [0, 0.1) is 0 Å². The van der Waals surface area contributed by atoms with Crippen molar-refractivity contribution in [3.63, 3.8) is 0 Å². The number of amides is 1. The monoisotopic (exact) mass is 463 g/mol. The van der Waals surface area contributed by atoms with E-state index >= 15 is 0 Å². The summed E-state index contributed by atoms with van der Waals surface area (Å²) in [5, 5.41) is 53.8. The number of carbonyl (C=O) groups excluding carboxylic acids is 3. The van der Waals surface area contributed by atoms with E-state index in [1.54, 1.807) is 12.1 Å². The summed E-state index contributed by atoms with van der Waals surface area (Å²) in [6.07, 6.45) is -8.45. The molecular weight excluding hydrogens is 434 g/mol. The van der Waals surface area contributed by atoms with Crippen molar-refractivity contribution in [3.05, 3.63) is 48.0 Å². The Morgan fingerprint density at radius 2 is 1.61 bits per heavy atom. The van der Waals surface area contributed by atoms with Gasteiger partial charge in [0.05, 0.1) is 31.8 Å². The zero-order chi connectivity index (χ0) is 24.5. The van der Waals surface area contributed by atoms with Gasteiger partial charge in [-0.15, -0.1) is 0 Å². The van der Waals surface area contributed by atoms with E-state index in [1.807, 2.05) is 30.3 Å². The maximum Gasteiger partial charge on any atom is 0.374 e. The molecule has 2 aromatic carbocycles. The van der Waals surface area contributed by atoms with Gasteiger partial charge in [0.25, 0.3) is 0 Å². The highest BCUT2D eigenvalue weighted by atomic mass is 16.5. The third-order valence-electron chi connectivity index (χ3n) is 5.17. The van der Waals surface area contributed by atoms with Gasteiger partial charge in [0.1, 0.15) is 18.3 Å². The van der Waals surface area contributed by atoms with Crippen molar-refractivity contribution in [2.75, 3.05) is 13.2 Å². The number of ether oxygens (including phenoxy) is 1. The number of Topliss-reactive ketones (excluding diaryl/α,β-unsaturated/α-hetero) is 1. The van der Waals surface area contributed by atoms with Crippen molar-refractivity contribution in [1.29, 1.82) is 0 Å². The van der Waals surface area contributed by atoms with E-state index in [-0.39, 0.29) is 13.0 Å². The molecular formula is C23H29NO9. The molecule has 0 unspecified atom stereocenters. The van der Waals surface area contributed by atoms with Gasteiger partial charge in [0.2, 0.25) is 11.7 Å². The molecule has 2 rings (SSSR count).